The normalized spacial score (nSPS) is 26.6. The lowest BCUT2D eigenvalue weighted by atomic mass is 9.97. The number of amides is 1. The van der Waals surface area contributed by atoms with Crippen molar-refractivity contribution in [3.63, 3.8) is 0 Å². The van der Waals surface area contributed by atoms with Gasteiger partial charge in [0.25, 0.3) is 0 Å². The number of nitrogens with one attached hydrogen (secondary N) is 1. The summed E-state index contributed by atoms with van der Waals surface area (Å²) in [6, 6.07) is 3.41. The molecule has 2 fully saturated rings. The van der Waals surface area contributed by atoms with Gasteiger partial charge in [0.1, 0.15) is 11.6 Å². The summed E-state index contributed by atoms with van der Waals surface area (Å²) in [4.78, 5) is 12.3. The molecule has 0 saturated heterocycles. The minimum Gasteiger partial charge on any atom is -0.349 e. The van der Waals surface area contributed by atoms with Gasteiger partial charge in [0.15, 0.2) is 0 Å². The number of benzene rings is 1. The highest BCUT2D eigenvalue weighted by atomic mass is 19.1. The predicted molar refractivity (Wildman–Crippen MR) is 75.6 cm³/mol. The van der Waals surface area contributed by atoms with Crippen LogP contribution in [-0.2, 0) is 4.79 Å². The predicted octanol–water partition coefficient (Wildman–Crippen LogP) is 2.46. The Morgan fingerprint density at radius 1 is 1.33 bits per heavy atom. The largest absolute Gasteiger partial charge is 0.349 e. The van der Waals surface area contributed by atoms with Crippen molar-refractivity contribution in [3.05, 3.63) is 35.4 Å². The van der Waals surface area contributed by atoms with Crippen molar-refractivity contribution >= 4 is 5.91 Å². The van der Waals surface area contributed by atoms with E-state index in [-0.39, 0.29) is 23.3 Å². The third kappa shape index (κ3) is 2.79. The minimum absolute atomic E-state index is 0.0731. The molecule has 0 bridgehead atoms. The molecule has 0 aliphatic heterocycles. The van der Waals surface area contributed by atoms with Gasteiger partial charge in [0.2, 0.25) is 5.91 Å². The number of nitrogens with two attached hydrogens (primary N) is 1. The zero-order chi connectivity index (χ0) is 15.0. The Morgan fingerprint density at radius 3 is 2.71 bits per heavy atom. The van der Waals surface area contributed by atoms with Gasteiger partial charge in [-0.2, -0.15) is 0 Å². The summed E-state index contributed by atoms with van der Waals surface area (Å²) in [6.45, 7) is 0.435. The number of carbonyl (C=O) groups is 1. The lowest BCUT2D eigenvalue weighted by Crippen LogP contribution is -2.52. The van der Waals surface area contributed by atoms with Gasteiger partial charge in [-0.3, -0.25) is 4.79 Å². The quantitative estimate of drug-likeness (QED) is 0.896. The second kappa shape index (κ2) is 5.37. The van der Waals surface area contributed by atoms with E-state index in [1.165, 1.54) is 6.07 Å². The van der Waals surface area contributed by atoms with E-state index in [2.05, 4.69) is 5.32 Å². The molecule has 114 valence electrons. The Morgan fingerprint density at radius 2 is 2.05 bits per heavy atom. The molecule has 0 heterocycles. The van der Waals surface area contributed by atoms with Gasteiger partial charge in [0, 0.05) is 12.5 Å². The number of halogens is 2. The molecular weight excluding hydrogens is 274 g/mol. The van der Waals surface area contributed by atoms with E-state index in [0.29, 0.717) is 18.5 Å². The van der Waals surface area contributed by atoms with Crippen LogP contribution in [-0.4, -0.2) is 18.0 Å². The zero-order valence-electron chi connectivity index (χ0n) is 11.9. The Kier molecular flexibility index (Phi) is 3.69. The fraction of sp³-hybridized carbons (Fsp3) is 0.562. The molecule has 5 heteroatoms. The lowest BCUT2D eigenvalue weighted by Gasteiger charge is -2.28. The fourth-order valence-electron chi connectivity index (χ4n) is 3.41. The molecule has 1 aromatic rings. The van der Waals surface area contributed by atoms with E-state index in [1.807, 2.05) is 0 Å². The topological polar surface area (TPSA) is 55.1 Å². The van der Waals surface area contributed by atoms with Crippen LogP contribution in [0.25, 0.3) is 0 Å². The first-order valence-electron chi connectivity index (χ1n) is 7.52. The van der Waals surface area contributed by atoms with Crippen molar-refractivity contribution in [3.8, 4) is 0 Å². The van der Waals surface area contributed by atoms with Crippen molar-refractivity contribution in [2.45, 2.75) is 43.6 Å². The number of carbonyl (C=O) groups excluding carboxylic acids is 1. The number of rotatable bonds is 4. The molecule has 3 nitrogen and oxygen atoms in total. The van der Waals surface area contributed by atoms with Crippen LogP contribution in [0.5, 0.6) is 0 Å². The van der Waals surface area contributed by atoms with Gasteiger partial charge in [-0.1, -0.05) is 12.8 Å². The maximum Gasteiger partial charge on any atom is 0.224 e. The maximum atomic E-state index is 13.7. The standard InChI is InChI=1S/C16H20F2N2O/c17-10-3-4-14(18)12(7-10)11-8-13(11)15(21)20-16(9-19)5-1-2-6-16/h3-4,7,11,13H,1-2,5-6,8-9,19H2,(H,20,21). The molecule has 0 aromatic heterocycles. The maximum absolute atomic E-state index is 13.7. The highest BCUT2D eigenvalue weighted by Gasteiger charge is 2.47. The summed E-state index contributed by atoms with van der Waals surface area (Å²) < 4.78 is 26.9. The SMILES string of the molecule is NCC1(NC(=O)C2CC2c2cc(F)ccc2F)CCCC1. The zero-order valence-corrected chi connectivity index (χ0v) is 11.9. The Bertz CT molecular complexity index is 555. The van der Waals surface area contributed by atoms with Crippen LogP contribution >= 0.6 is 0 Å². The molecule has 2 atom stereocenters. The van der Waals surface area contributed by atoms with Crippen LogP contribution in [0.4, 0.5) is 8.78 Å². The van der Waals surface area contributed by atoms with Gasteiger partial charge in [-0.15, -0.1) is 0 Å². The van der Waals surface area contributed by atoms with Crippen molar-refractivity contribution in [1.82, 2.24) is 5.32 Å². The second-order valence-corrected chi connectivity index (χ2v) is 6.30. The van der Waals surface area contributed by atoms with Crippen LogP contribution in [0.2, 0.25) is 0 Å². The minimum atomic E-state index is -0.466. The van der Waals surface area contributed by atoms with Crippen molar-refractivity contribution in [1.29, 1.82) is 0 Å². The van der Waals surface area contributed by atoms with Crippen LogP contribution in [0.15, 0.2) is 18.2 Å². The molecule has 2 saturated carbocycles. The molecule has 1 aromatic carbocycles. The smallest absolute Gasteiger partial charge is 0.224 e. The first-order valence-corrected chi connectivity index (χ1v) is 7.52. The Balaban J connectivity index is 1.67. The monoisotopic (exact) mass is 294 g/mol. The Labute approximate surface area is 122 Å². The molecule has 1 amide bonds. The second-order valence-electron chi connectivity index (χ2n) is 6.30. The average molecular weight is 294 g/mol. The van der Waals surface area contributed by atoms with E-state index in [4.69, 9.17) is 5.73 Å². The first kappa shape index (κ1) is 14.4. The van der Waals surface area contributed by atoms with E-state index in [9.17, 15) is 13.6 Å². The Hall–Kier alpha value is -1.49. The van der Waals surface area contributed by atoms with Gasteiger partial charge >= 0.3 is 0 Å². The summed E-state index contributed by atoms with van der Waals surface area (Å²) >= 11 is 0. The molecule has 2 aliphatic carbocycles. The summed E-state index contributed by atoms with van der Waals surface area (Å²) in [5, 5.41) is 3.06. The molecule has 2 unspecified atom stereocenters. The van der Waals surface area contributed by atoms with E-state index in [0.717, 1.165) is 37.8 Å². The molecule has 0 radical (unpaired) electrons. The van der Waals surface area contributed by atoms with Gasteiger partial charge in [0.05, 0.1) is 5.54 Å². The number of hydrogen-bond acceptors (Lipinski definition) is 2. The number of hydrogen-bond donors (Lipinski definition) is 2. The van der Waals surface area contributed by atoms with Gasteiger partial charge in [-0.25, -0.2) is 8.78 Å². The third-order valence-corrected chi connectivity index (χ3v) is 4.82. The van der Waals surface area contributed by atoms with Gasteiger partial charge < -0.3 is 11.1 Å². The molecule has 0 spiro atoms. The van der Waals surface area contributed by atoms with E-state index in [1.54, 1.807) is 0 Å². The molecular formula is C16H20F2N2O. The van der Waals surface area contributed by atoms with Crippen molar-refractivity contribution < 1.29 is 13.6 Å². The van der Waals surface area contributed by atoms with E-state index < -0.39 is 11.6 Å². The molecule has 21 heavy (non-hydrogen) atoms. The lowest BCUT2D eigenvalue weighted by molar-refractivity contribution is -0.124. The van der Waals surface area contributed by atoms with Gasteiger partial charge in [-0.05, 0) is 48.9 Å². The average Bonchev–Trinajstić information content (AvgIpc) is 3.14. The molecule has 2 aliphatic rings. The summed E-state index contributed by atoms with van der Waals surface area (Å²) in [7, 11) is 0. The molecule has 3 N–H and O–H groups in total. The first-order chi connectivity index (χ1) is 10.0. The van der Waals surface area contributed by atoms with Crippen LogP contribution < -0.4 is 11.1 Å². The van der Waals surface area contributed by atoms with Crippen molar-refractivity contribution in [2.75, 3.05) is 6.54 Å². The summed E-state index contributed by atoms with van der Waals surface area (Å²) in [5.74, 6) is -1.45. The van der Waals surface area contributed by atoms with Crippen molar-refractivity contribution in [2.24, 2.45) is 11.7 Å². The van der Waals surface area contributed by atoms with Crippen LogP contribution in [0.3, 0.4) is 0 Å². The molecule has 3 rings (SSSR count). The third-order valence-electron chi connectivity index (χ3n) is 4.82. The fourth-order valence-corrected chi connectivity index (χ4v) is 3.41. The summed E-state index contributed by atoms with van der Waals surface area (Å²) in [6.07, 6.45) is 4.53. The van der Waals surface area contributed by atoms with Crippen LogP contribution in [0.1, 0.15) is 43.6 Å². The summed E-state index contributed by atoms with van der Waals surface area (Å²) in [5.41, 5.74) is 5.82. The highest BCUT2D eigenvalue weighted by molar-refractivity contribution is 5.83. The highest BCUT2D eigenvalue weighted by Crippen LogP contribution is 2.49. The van der Waals surface area contributed by atoms with E-state index >= 15 is 0 Å². The van der Waals surface area contributed by atoms with Crippen LogP contribution in [0, 0.1) is 17.6 Å².